The quantitative estimate of drug-likeness (QED) is 0.838. The third-order valence-electron chi connectivity index (χ3n) is 4.08. The summed E-state index contributed by atoms with van der Waals surface area (Å²) in [4.78, 5) is 6.14. The van der Waals surface area contributed by atoms with Crippen LogP contribution in [0.1, 0.15) is 77.0 Å². The Bertz CT molecular complexity index is 435. The summed E-state index contributed by atoms with van der Waals surface area (Å²) in [7, 11) is 0. The van der Waals surface area contributed by atoms with Crippen LogP contribution in [0.5, 0.6) is 0 Å². The number of nitrogens with zero attached hydrogens (tertiary/aromatic N) is 1. The lowest BCUT2D eigenvalue weighted by Crippen LogP contribution is -2.31. The minimum absolute atomic E-state index is 0.145. The minimum atomic E-state index is 0.145. The standard InChI is InChI=1S/C17H32N2S/c1-11(16(4,5)6)10-18-12(2)14-13(3)19-15(20-14)17(7,8)9/h11-12,18H,10H2,1-9H3. The SMILES string of the molecule is Cc1nc(C(C)(C)C)sc1C(C)NCC(C)C(C)(C)C. The molecule has 2 nitrogen and oxygen atoms in total. The van der Waals surface area contributed by atoms with Crippen molar-refractivity contribution in [2.75, 3.05) is 6.54 Å². The number of hydrogen-bond acceptors (Lipinski definition) is 3. The van der Waals surface area contributed by atoms with Crippen molar-refractivity contribution < 1.29 is 0 Å². The minimum Gasteiger partial charge on any atom is -0.309 e. The number of rotatable bonds is 4. The summed E-state index contributed by atoms with van der Waals surface area (Å²) in [5, 5.41) is 4.92. The lowest BCUT2D eigenvalue weighted by Gasteiger charge is -2.28. The fraction of sp³-hybridized carbons (Fsp3) is 0.824. The highest BCUT2D eigenvalue weighted by Crippen LogP contribution is 2.33. The van der Waals surface area contributed by atoms with E-state index in [9.17, 15) is 0 Å². The van der Waals surface area contributed by atoms with Crippen molar-refractivity contribution in [3.63, 3.8) is 0 Å². The molecule has 1 aromatic heterocycles. The molecule has 2 atom stereocenters. The summed E-state index contributed by atoms with van der Waals surface area (Å²) >= 11 is 1.86. The van der Waals surface area contributed by atoms with Gasteiger partial charge in [0.25, 0.3) is 0 Å². The van der Waals surface area contributed by atoms with Crippen LogP contribution < -0.4 is 5.32 Å². The summed E-state index contributed by atoms with van der Waals surface area (Å²) in [5.41, 5.74) is 1.68. The lowest BCUT2D eigenvalue weighted by molar-refractivity contribution is 0.247. The predicted octanol–water partition coefficient (Wildman–Crippen LogP) is 5.08. The summed E-state index contributed by atoms with van der Waals surface area (Å²) in [5.74, 6) is 0.653. The molecule has 1 rings (SSSR count). The molecule has 116 valence electrons. The third-order valence-corrected chi connectivity index (χ3v) is 5.84. The number of thiazole rings is 1. The highest BCUT2D eigenvalue weighted by Gasteiger charge is 2.24. The normalized spacial score (nSPS) is 16.2. The number of aromatic nitrogens is 1. The molecule has 1 aromatic rings. The fourth-order valence-electron chi connectivity index (χ4n) is 1.88. The largest absolute Gasteiger partial charge is 0.309 e. The highest BCUT2D eigenvalue weighted by molar-refractivity contribution is 7.12. The third kappa shape index (κ3) is 4.56. The molecule has 1 N–H and O–H groups in total. The molecule has 0 aliphatic rings. The molecule has 1 heterocycles. The molecule has 20 heavy (non-hydrogen) atoms. The molecule has 0 spiro atoms. The van der Waals surface area contributed by atoms with Gasteiger partial charge in [0, 0.05) is 16.3 Å². The van der Waals surface area contributed by atoms with Crippen LogP contribution in [0.4, 0.5) is 0 Å². The van der Waals surface area contributed by atoms with Crippen molar-refractivity contribution in [3.8, 4) is 0 Å². The van der Waals surface area contributed by atoms with Gasteiger partial charge in [-0.15, -0.1) is 11.3 Å². The van der Waals surface area contributed by atoms with Gasteiger partial charge in [-0.1, -0.05) is 48.5 Å². The van der Waals surface area contributed by atoms with Crippen LogP contribution in [0.3, 0.4) is 0 Å². The molecule has 0 saturated heterocycles. The van der Waals surface area contributed by atoms with Gasteiger partial charge in [0.2, 0.25) is 0 Å². The number of aryl methyl sites for hydroxylation is 1. The maximum atomic E-state index is 4.76. The zero-order valence-corrected chi connectivity index (χ0v) is 15.5. The summed E-state index contributed by atoms with van der Waals surface area (Å²) in [6, 6.07) is 0.383. The Labute approximate surface area is 129 Å². The number of hydrogen-bond donors (Lipinski definition) is 1. The lowest BCUT2D eigenvalue weighted by atomic mass is 9.82. The summed E-state index contributed by atoms with van der Waals surface area (Å²) < 4.78 is 0. The van der Waals surface area contributed by atoms with E-state index in [-0.39, 0.29) is 5.41 Å². The highest BCUT2D eigenvalue weighted by atomic mass is 32.1. The Morgan fingerprint density at radius 1 is 1.10 bits per heavy atom. The number of nitrogens with one attached hydrogen (secondary N) is 1. The van der Waals surface area contributed by atoms with Crippen molar-refractivity contribution >= 4 is 11.3 Å². The Morgan fingerprint density at radius 3 is 2.05 bits per heavy atom. The second kappa shape index (κ2) is 6.15. The zero-order chi connectivity index (χ0) is 15.7. The summed E-state index contributed by atoms with van der Waals surface area (Å²) in [6.07, 6.45) is 0. The fourth-order valence-corrected chi connectivity index (χ4v) is 3.03. The molecular weight excluding hydrogens is 264 g/mol. The van der Waals surface area contributed by atoms with Crippen LogP contribution in [-0.2, 0) is 5.41 Å². The molecule has 0 radical (unpaired) electrons. The van der Waals surface area contributed by atoms with Gasteiger partial charge in [0.15, 0.2) is 0 Å². The second-order valence-corrected chi connectivity index (χ2v) is 9.15. The van der Waals surface area contributed by atoms with Gasteiger partial charge in [-0.2, -0.15) is 0 Å². The van der Waals surface area contributed by atoms with Gasteiger partial charge in [0.1, 0.15) is 0 Å². The molecule has 2 unspecified atom stereocenters. The van der Waals surface area contributed by atoms with E-state index in [0.717, 1.165) is 6.54 Å². The first-order valence-corrected chi connectivity index (χ1v) is 8.45. The van der Waals surface area contributed by atoms with E-state index in [1.54, 1.807) is 0 Å². The molecule has 0 aliphatic heterocycles. The molecule has 3 heteroatoms. The Kier molecular flexibility index (Phi) is 5.42. The Morgan fingerprint density at radius 2 is 1.65 bits per heavy atom. The van der Waals surface area contributed by atoms with E-state index in [0.29, 0.717) is 17.4 Å². The van der Waals surface area contributed by atoms with E-state index in [2.05, 4.69) is 67.6 Å². The molecule has 0 saturated carbocycles. The van der Waals surface area contributed by atoms with E-state index in [4.69, 9.17) is 4.98 Å². The van der Waals surface area contributed by atoms with Crippen LogP contribution in [0, 0.1) is 18.3 Å². The first-order valence-electron chi connectivity index (χ1n) is 7.64. The predicted molar refractivity (Wildman–Crippen MR) is 90.6 cm³/mol. The second-order valence-electron chi connectivity index (χ2n) is 8.12. The smallest absolute Gasteiger partial charge is 0.0985 e. The van der Waals surface area contributed by atoms with Gasteiger partial charge in [0.05, 0.1) is 10.7 Å². The summed E-state index contributed by atoms with van der Waals surface area (Å²) in [6.45, 7) is 21.4. The zero-order valence-electron chi connectivity index (χ0n) is 14.7. The van der Waals surface area contributed by atoms with E-state index >= 15 is 0 Å². The monoisotopic (exact) mass is 296 g/mol. The molecule has 0 aromatic carbocycles. The van der Waals surface area contributed by atoms with Gasteiger partial charge in [-0.3, -0.25) is 0 Å². The van der Waals surface area contributed by atoms with Crippen LogP contribution in [0.25, 0.3) is 0 Å². The van der Waals surface area contributed by atoms with Crippen LogP contribution in [-0.4, -0.2) is 11.5 Å². The van der Waals surface area contributed by atoms with E-state index in [1.165, 1.54) is 15.6 Å². The van der Waals surface area contributed by atoms with Crippen molar-refractivity contribution in [1.29, 1.82) is 0 Å². The van der Waals surface area contributed by atoms with E-state index < -0.39 is 0 Å². The van der Waals surface area contributed by atoms with Gasteiger partial charge in [-0.05, 0) is 31.7 Å². The van der Waals surface area contributed by atoms with E-state index in [1.807, 2.05) is 11.3 Å². The molecule has 0 bridgehead atoms. The van der Waals surface area contributed by atoms with Crippen LogP contribution >= 0.6 is 11.3 Å². The van der Waals surface area contributed by atoms with Crippen molar-refractivity contribution in [3.05, 3.63) is 15.6 Å². The molecule has 0 amide bonds. The van der Waals surface area contributed by atoms with Crippen molar-refractivity contribution in [2.24, 2.45) is 11.3 Å². The van der Waals surface area contributed by atoms with Gasteiger partial charge >= 0.3 is 0 Å². The topological polar surface area (TPSA) is 24.9 Å². The van der Waals surface area contributed by atoms with Crippen LogP contribution in [0.2, 0.25) is 0 Å². The Balaban J connectivity index is 2.74. The maximum absolute atomic E-state index is 4.76. The molecule has 0 aliphatic carbocycles. The van der Waals surface area contributed by atoms with Crippen LogP contribution in [0.15, 0.2) is 0 Å². The first-order chi connectivity index (χ1) is 8.93. The van der Waals surface area contributed by atoms with Gasteiger partial charge < -0.3 is 5.32 Å². The average Bonchev–Trinajstić information content (AvgIpc) is 2.66. The Hall–Kier alpha value is -0.410. The molecular formula is C17H32N2S. The maximum Gasteiger partial charge on any atom is 0.0985 e. The first kappa shape index (κ1) is 17.6. The molecule has 0 fully saturated rings. The average molecular weight is 297 g/mol. The van der Waals surface area contributed by atoms with Crippen molar-refractivity contribution in [2.45, 2.75) is 73.8 Å². The van der Waals surface area contributed by atoms with Gasteiger partial charge in [-0.25, -0.2) is 4.98 Å². The van der Waals surface area contributed by atoms with Crippen molar-refractivity contribution in [1.82, 2.24) is 10.3 Å².